The summed E-state index contributed by atoms with van der Waals surface area (Å²) in [7, 11) is 1.76. The van der Waals surface area contributed by atoms with Gasteiger partial charge in [-0.3, -0.25) is 0 Å². The van der Waals surface area contributed by atoms with Crippen LogP contribution in [0.3, 0.4) is 0 Å². The zero-order valence-electron chi connectivity index (χ0n) is 17.4. The van der Waals surface area contributed by atoms with Crippen molar-refractivity contribution in [3.63, 3.8) is 0 Å². The van der Waals surface area contributed by atoms with E-state index < -0.39 is 0 Å². The van der Waals surface area contributed by atoms with Crippen LogP contribution in [0.1, 0.15) is 5.56 Å². The number of nitrogens with zero attached hydrogens (tertiary/aromatic N) is 3. The lowest BCUT2D eigenvalue weighted by atomic mass is 10.2. The van der Waals surface area contributed by atoms with Gasteiger partial charge in [-0.25, -0.2) is 19.7 Å². The molecule has 0 fully saturated rings. The molecule has 2 heterocycles. The minimum Gasteiger partial charge on any atom is -0.438 e. The number of carbonyl (C=O) groups is 1. The maximum atomic E-state index is 12.1. The monoisotopic (exact) mass is 426 g/mol. The highest BCUT2D eigenvalue weighted by molar-refractivity contribution is 5.89. The molecule has 2 aromatic carbocycles. The summed E-state index contributed by atoms with van der Waals surface area (Å²) in [6.45, 7) is 0.453. The maximum absolute atomic E-state index is 12.1. The molecule has 0 aliphatic heterocycles. The standard InChI is InChI=1S/C24H22N6O2/c1-25-23-27-15-13-21(30-23)20-8-5-14-26-22(20)32-19-11-9-18(10-12-19)29-24(31)28-16-17-6-3-2-4-7-17/h2-15H,16H2,1H3,(H,25,27,30)(H2,28,29,31). The fraction of sp³-hybridized carbons (Fsp3) is 0.0833. The van der Waals surface area contributed by atoms with Gasteiger partial charge >= 0.3 is 6.03 Å². The van der Waals surface area contributed by atoms with Crippen LogP contribution in [0.2, 0.25) is 0 Å². The lowest BCUT2D eigenvalue weighted by molar-refractivity contribution is 0.251. The van der Waals surface area contributed by atoms with Crippen LogP contribution >= 0.6 is 0 Å². The van der Waals surface area contributed by atoms with Crippen molar-refractivity contribution in [2.45, 2.75) is 6.54 Å². The smallest absolute Gasteiger partial charge is 0.319 e. The molecule has 3 N–H and O–H groups in total. The summed E-state index contributed by atoms with van der Waals surface area (Å²) >= 11 is 0. The SMILES string of the molecule is CNc1nccc(-c2cccnc2Oc2ccc(NC(=O)NCc3ccccc3)cc2)n1. The molecule has 4 rings (SSSR count). The largest absolute Gasteiger partial charge is 0.438 e. The van der Waals surface area contributed by atoms with E-state index in [0.29, 0.717) is 35.5 Å². The molecule has 0 spiro atoms. The number of pyridine rings is 1. The fourth-order valence-electron chi connectivity index (χ4n) is 2.97. The Hall–Kier alpha value is -4.46. The van der Waals surface area contributed by atoms with E-state index in [0.717, 1.165) is 11.1 Å². The number of benzene rings is 2. The second-order valence-electron chi connectivity index (χ2n) is 6.79. The van der Waals surface area contributed by atoms with Crippen molar-refractivity contribution in [3.8, 4) is 22.9 Å². The van der Waals surface area contributed by atoms with E-state index in [1.165, 1.54) is 0 Å². The normalized spacial score (nSPS) is 10.3. The van der Waals surface area contributed by atoms with Gasteiger partial charge in [0.1, 0.15) is 5.75 Å². The van der Waals surface area contributed by atoms with Gasteiger partial charge in [0, 0.05) is 31.7 Å². The number of nitrogens with one attached hydrogen (secondary N) is 3. The molecule has 0 bridgehead atoms. The third-order valence-electron chi connectivity index (χ3n) is 4.55. The first-order valence-corrected chi connectivity index (χ1v) is 10.0. The number of amides is 2. The van der Waals surface area contributed by atoms with E-state index in [4.69, 9.17) is 4.74 Å². The summed E-state index contributed by atoms with van der Waals surface area (Å²) in [5, 5.41) is 8.56. The highest BCUT2D eigenvalue weighted by Crippen LogP contribution is 2.30. The number of carbonyl (C=O) groups excluding carboxylic acids is 1. The summed E-state index contributed by atoms with van der Waals surface area (Å²) in [6, 6.07) is 22.0. The Balaban J connectivity index is 1.40. The summed E-state index contributed by atoms with van der Waals surface area (Å²) in [4.78, 5) is 25.1. The van der Waals surface area contributed by atoms with Gasteiger partial charge in [-0.1, -0.05) is 30.3 Å². The predicted molar refractivity (Wildman–Crippen MR) is 124 cm³/mol. The van der Waals surface area contributed by atoms with Crippen LogP contribution in [-0.4, -0.2) is 28.0 Å². The van der Waals surface area contributed by atoms with E-state index >= 15 is 0 Å². The first kappa shape index (κ1) is 20.8. The lowest BCUT2D eigenvalue weighted by Gasteiger charge is -2.11. The number of hydrogen-bond acceptors (Lipinski definition) is 6. The van der Waals surface area contributed by atoms with E-state index in [9.17, 15) is 4.79 Å². The summed E-state index contributed by atoms with van der Waals surface area (Å²) in [5.41, 5.74) is 3.12. The quantitative estimate of drug-likeness (QED) is 0.396. The molecule has 8 nitrogen and oxygen atoms in total. The van der Waals surface area contributed by atoms with Crippen LogP contribution in [0.15, 0.2) is 85.2 Å². The maximum Gasteiger partial charge on any atom is 0.319 e. The molecule has 160 valence electrons. The minimum atomic E-state index is -0.279. The first-order valence-electron chi connectivity index (χ1n) is 10.0. The van der Waals surface area contributed by atoms with E-state index in [-0.39, 0.29) is 6.03 Å². The van der Waals surface area contributed by atoms with Crippen LogP contribution in [0.5, 0.6) is 11.6 Å². The molecule has 0 radical (unpaired) electrons. The highest BCUT2D eigenvalue weighted by Gasteiger charge is 2.11. The van der Waals surface area contributed by atoms with Crippen LogP contribution in [0, 0.1) is 0 Å². The van der Waals surface area contributed by atoms with Crippen molar-refractivity contribution in [2.24, 2.45) is 0 Å². The topological polar surface area (TPSA) is 101 Å². The zero-order valence-corrected chi connectivity index (χ0v) is 17.4. The molecule has 0 saturated heterocycles. The third kappa shape index (κ3) is 5.37. The van der Waals surface area contributed by atoms with Crippen molar-refractivity contribution in [1.82, 2.24) is 20.3 Å². The molecule has 2 amide bonds. The number of urea groups is 1. The van der Waals surface area contributed by atoms with Gasteiger partial charge in [0.15, 0.2) is 0 Å². The molecule has 0 unspecified atom stereocenters. The number of aromatic nitrogens is 3. The first-order chi connectivity index (χ1) is 15.7. The van der Waals surface area contributed by atoms with E-state index in [1.807, 2.05) is 42.5 Å². The molecule has 0 saturated carbocycles. The Morgan fingerprint density at radius 3 is 2.50 bits per heavy atom. The Morgan fingerprint density at radius 2 is 1.72 bits per heavy atom. The fourth-order valence-corrected chi connectivity index (χ4v) is 2.97. The zero-order chi connectivity index (χ0) is 22.2. The minimum absolute atomic E-state index is 0.279. The average molecular weight is 426 g/mol. The number of hydrogen-bond donors (Lipinski definition) is 3. The second kappa shape index (κ2) is 10.0. The molecule has 8 heteroatoms. The van der Waals surface area contributed by atoms with Gasteiger partial charge in [-0.15, -0.1) is 0 Å². The average Bonchev–Trinajstić information content (AvgIpc) is 2.85. The second-order valence-corrected chi connectivity index (χ2v) is 6.79. The van der Waals surface area contributed by atoms with Gasteiger partial charge in [-0.05, 0) is 48.0 Å². The summed E-state index contributed by atoms with van der Waals surface area (Å²) in [5.74, 6) is 1.52. The molecule has 0 atom stereocenters. The number of anilines is 2. The summed E-state index contributed by atoms with van der Waals surface area (Å²) in [6.07, 6.45) is 3.33. The van der Waals surface area contributed by atoms with Gasteiger partial charge < -0.3 is 20.7 Å². The number of ether oxygens (including phenoxy) is 1. The lowest BCUT2D eigenvalue weighted by Crippen LogP contribution is -2.28. The molecule has 4 aromatic rings. The van der Waals surface area contributed by atoms with Gasteiger partial charge in [0.25, 0.3) is 0 Å². The Kier molecular flexibility index (Phi) is 6.52. The molecule has 0 aliphatic rings. The molecule has 32 heavy (non-hydrogen) atoms. The van der Waals surface area contributed by atoms with Gasteiger partial charge in [0.2, 0.25) is 11.8 Å². The van der Waals surface area contributed by atoms with Gasteiger partial charge in [0.05, 0.1) is 11.3 Å². The molecular weight excluding hydrogens is 404 g/mol. The Morgan fingerprint density at radius 1 is 0.906 bits per heavy atom. The van der Waals surface area contributed by atoms with Crippen molar-refractivity contribution in [2.75, 3.05) is 17.7 Å². The van der Waals surface area contributed by atoms with E-state index in [1.54, 1.807) is 49.8 Å². The highest BCUT2D eigenvalue weighted by atomic mass is 16.5. The van der Waals surface area contributed by atoms with Crippen LogP contribution in [0.4, 0.5) is 16.4 Å². The van der Waals surface area contributed by atoms with Crippen LogP contribution in [0.25, 0.3) is 11.3 Å². The molecule has 0 aliphatic carbocycles. The molecular formula is C24H22N6O2. The van der Waals surface area contributed by atoms with Gasteiger partial charge in [-0.2, -0.15) is 0 Å². The third-order valence-corrected chi connectivity index (χ3v) is 4.55. The Bertz CT molecular complexity index is 1180. The van der Waals surface area contributed by atoms with Crippen molar-refractivity contribution in [3.05, 3.63) is 90.8 Å². The van der Waals surface area contributed by atoms with Crippen molar-refractivity contribution < 1.29 is 9.53 Å². The van der Waals surface area contributed by atoms with Crippen molar-refractivity contribution in [1.29, 1.82) is 0 Å². The number of rotatable bonds is 7. The van der Waals surface area contributed by atoms with Crippen LogP contribution in [-0.2, 0) is 6.54 Å². The van der Waals surface area contributed by atoms with Crippen molar-refractivity contribution >= 4 is 17.7 Å². The predicted octanol–water partition coefficient (Wildman–Crippen LogP) is 4.69. The summed E-state index contributed by atoms with van der Waals surface area (Å²) < 4.78 is 5.98. The molecule has 2 aromatic heterocycles. The van der Waals surface area contributed by atoms with E-state index in [2.05, 4.69) is 30.9 Å². The van der Waals surface area contributed by atoms with Crippen LogP contribution < -0.4 is 20.7 Å². The Labute approximate surface area is 185 Å².